The lowest BCUT2D eigenvalue weighted by Gasteiger charge is -2.24. The van der Waals surface area contributed by atoms with Crippen molar-refractivity contribution in [2.24, 2.45) is 0 Å². The third kappa shape index (κ3) is 5.78. The van der Waals surface area contributed by atoms with Gasteiger partial charge >= 0.3 is 5.69 Å². The molecule has 0 aromatic carbocycles. The van der Waals surface area contributed by atoms with Crippen molar-refractivity contribution in [1.29, 1.82) is 0 Å². The Hall–Kier alpha value is -3.45. The van der Waals surface area contributed by atoms with Gasteiger partial charge in [-0.1, -0.05) is 18.2 Å². The molecule has 39 heavy (non-hydrogen) atoms. The highest BCUT2D eigenvalue weighted by Gasteiger charge is 2.33. The van der Waals surface area contributed by atoms with Crippen LogP contribution in [0.5, 0.6) is 0 Å². The number of nitrogens with one attached hydrogen (secondary N) is 2. The molecule has 3 aromatic heterocycles. The SMILES string of the molecule is O=C(CCCSc1ncnc2[nH]ccc12)NCCCn1c(=O)c(C2=CC=CCC2)c2n(c1=O)CCCS2(=O)=O. The zero-order valence-electron chi connectivity index (χ0n) is 21.4. The highest BCUT2D eigenvalue weighted by molar-refractivity contribution is 7.99. The lowest BCUT2D eigenvalue weighted by Crippen LogP contribution is -2.46. The number of amides is 1. The standard InChI is InChI=1S/C26H30N6O5S2/c33-20(9-4-15-38-23-19-10-12-28-22(19)29-17-30-23)27-11-5-13-31-24(34)21(18-7-2-1-3-8-18)25-32(26(31)35)14-6-16-39(25,36)37/h1-2,7,10,12,17H,3-6,8-9,11,13-16H2,(H,27,33)(H,28,29,30). The highest BCUT2D eigenvalue weighted by atomic mass is 32.2. The van der Waals surface area contributed by atoms with Crippen LogP contribution in [0.2, 0.25) is 0 Å². The maximum atomic E-state index is 13.5. The van der Waals surface area contributed by atoms with Crippen molar-refractivity contribution < 1.29 is 13.2 Å². The number of carbonyl (C=O) groups excluding carboxylic acids is 1. The lowest BCUT2D eigenvalue weighted by molar-refractivity contribution is -0.121. The summed E-state index contributed by atoms with van der Waals surface area (Å²) in [5.74, 6) is 0.542. The first kappa shape index (κ1) is 27.1. The number of aromatic nitrogens is 5. The number of aromatic amines is 1. The molecule has 3 aromatic rings. The number of hydrogen-bond donors (Lipinski definition) is 2. The van der Waals surface area contributed by atoms with E-state index in [1.165, 1.54) is 10.9 Å². The molecule has 0 spiro atoms. The number of hydrogen-bond acceptors (Lipinski definition) is 8. The molecule has 1 amide bonds. The molecular weight excluding hydrogens is 540 g/mol. The van der Waals surface area contributed by atoms with Crippen molar-refractivity contribution in [2.45, 2.75) is 61.7 Å². The Bertz CT molecular complexity index is 1680. The molecule has 0 radical (unpaired) electrons. The number of H-pyrrole nitrogens is 1. The van der Waals surface area contributed by atoms with Crippen LogP contribution < -0.4 is 16.6 Å². The van der Waals surface area contributed by atoms with Crippen LogP contribution in [0.15, 0.2) is 56.5 Å². The van der Waals surface area contributed by atoms with E-state index in [0.29, 0.717) is 50.6 Å². The third-order valence-electron chi connectivity index (χ3n) is 6.79. The average molecular weight is 571 g/mol. The van der Waals surface area contributed by atoms with Crippen molar-refractivity contribution >= 4 is 44.1 Å². The number of fused-ring (bicyclic) bond motifs is 2. The van der Waals surface area contributed by atoms with Gasteiger partial charge in [-0.2, -0.15) is 0 Å². The first-order valence-corrected chi connectivity index (χ1v) is 15.6. The van der Waals surface area contributed by atoms with Gasteiger partial charge in [0.25, 0.3) is 5.56 Å². The van der Waals surface area contributed by atoms with Crippen LogP contribution in [0.3, 0.4) is 0 Å². The lowest BCUT2D eigenvalue weighted by atomic mass is 9.99. The Morgan fingerprint density at radius 1 is 1.21 bits per heavy atom. The van der Waals surface area contributed by atoms with Crippen LogP contribution in [-0.2, 0) is 27.7 Å². The van der Waals surface area contributed by atoms with Crippen molar-refractivity contribution in [1.82, 2.24) is 29.4 Å². The van der Waals surface area contributed by atoms with Crippen molar-refractivity contribution in [2.75, 3.05) is 18.1 Å². The molecule has 0 atom stereocenters. The number of carbonyl (C=O) groups is 1. The predicted molar refractivity (Wildman–Crippen MR) is 149 cm³/mol. The quantitative estimate of drug-likeness (QED) is 0.214. The van der Waals surface area contributed by atoms with E-state index in [1.54, 1.807) is 17.8 Å². The zero-order chi connectivity index (χ0) is 27.4. The summed E-state index contributed by atoms with van der Waals surface area (Å²) < 4.78 is 28.2. The summed E-state index contributed by atoms with van der Waals surface area (Å²) >= 11 is 1.57. The van der Waals surface area contributed by atoms with Crippen LogP contribution in [0.4, 0.5) is 0 Å². The topological polar surface area (TPSA) is 149 Å². The van der Waals surface area contributed by atoms with Gasteiger partial charge < -0.3 is 10.3 Å². The molecule has 0 saturated carbocycles. The van der Waals surface area contributed by atoms with Gasteiger partial charge in [0.05, 0.1) is 16.7 Å². The minimum absolute atomic E-state index is 0.0773. The van der Waals surface area contributed by atoms with Gasteiger partial charge in [-0.25, -0.2) is 23.2 Å². The van der Waals surface area contributed by atoms with E-state index in [2.05, 4.69) is 20.3 Å². The maximum absolute atomic E-state index is 13.5. The minimum atomic E-state index is -3.74. The average Bonchev–Trinajstić information content (AvgIpc) is 3.41. The summed E-state index contributed by atoms with van der Waals surface area (Å²) in [6.45, 7) is 0.641. The molecule has 4 heterocycles. The molecule has 5 rings (SSSR count). The van der Waals surface area contributed by atoms with Gasteiger partial charge in [-0.05, 0) is 43.7 Å². The summed E-state index contributed by atoms with van der Waals surface area (Å²) in [5, 5.41) is 4.53. The van der Waals surface area contributed by atoms with Crippen molar-refractivity contribution in [3.63, 3.8) is 0 Å². The fourth-order valence-electron chi connectivity index (χ4n) is 4.91. The van der Waals surface area contributed by atoms with E-state index in [-0.39, 0.29) is 35.3 Å². The molecular formula is C26H30N6O5S2. The Morgan fingerprint density at radius 3 is 2.90 bits per heavy atom. The van der Waals surface area contributed by atoms with E-state index >= 15 is 0 Å². The monoisotopic (exact) mass is 570 g/mol. The molecule has 1 aliphatic heterocycles. The summed E-state index contributed by atoms with van der Waals surface area (Å²) in [4.78, 5) is 50.5. The van der Waals surface area contributed by atoms with E-state index in [0.717, 1.165) is 26.4 Å². The highest BCUT2D eigenvalue weighted by Crippen LogP contribution is 2.29. The van der Waals surface area contributed by atoms with E-state index in [9.17, 15) is 22.8 Å². The van der Waals surface area contributed by atoms with Gasteiger partial charge in [-0.3, -0.25) is 18.7 Å². The van der Waals surface area contributed by atoms with Crippen LogP contribution in [-0.4, -0.2) is 56.5 Å². The van der Waals surface area contributed by atoms with Crippen molar-refractivity contribution in [3.05, 3.63) is 63.2 Å². The smallest absolute Gasteiger partial charge is 0.332 e. The minimum Gasteiger partial charge on any atom is -0.356 e. The van der Waals surface area contributed by atoms with Crippen LogP contribution >= 0.6 is 11.8 Å². The molecule has 0 bridgehead atoms. The molecule has 206 valence electrons. The van der Waals surface area contributed by atoms with Crippen LogP contribution in [0, 0.1) is 0 Å². The fraction of sp³-hybridized carbons (Fsp3) is 0.423. The van der Waals surface area contributed by atoms with Crippen LogP contribution in [0.1, 0.15) is 44.1 Å². The van der Waals surface area contributed by atoms with Crippen LogP contribution in [0.25, 0.3) is 16.6 Å². The Kier molecular flexibility index (Phi) is 8.17. The molecule has 1 aliphatic carbocycles. The maximum Gasteiger partial charge on any atom is 0.332 e. The van der Waals surface area contributed by atoms with Gasteiger partial charge in [0, 0.05) is 38.0 Å². The van der Waals surface area contributed by atoms with Gasteiger partial charge in [-0.15, -0.1) is 11.8 Å². The van der Waals surface area contributed by atoms with Gasteiger partial charge in [0.2, 0.25) is 5.91 Å². The molecule has 0 unspecified atom stereocenters. The van der Waals surface area contributed by atoms with E-state index < -0.39 is 21.1 Å². The summed E-state index contributed by atoms with van der Waals surface area (Å²) in [6, 6.07) is 1.93. The van der Waals surface area contributed by atoms with Crippen molar-refractivity contribution in [3.8, 4) is 0 Å². The van der Waals surface area contributed by atoms with E-state index in [4.69, 9.17) is 0 Å². The van der Waals surface area contributed by atoms with Gasteiger partial charge in [0.1, 0.15) is 17.0 Å². The Morgan fingerprint density at radius 2 is 2.08 bits per heavy atom. The number of allylic oxidation sites excluding steroid dienone is 4. The second kappa shape index (κ2) is 11.7. The van der Waals surface area contributed by atoms with E-state index in [1.807, 2.05) is 24.4 Å². The number of rotatable bonds is 10. The second-order valence-electron chi connectivity index (χ2n) is 9.48. The number of nitrogens with zero attached hydrogens (tertiary/aromatic N) is 4. The summed E-state index contributed by atoms with van der Waals surface area (Å²) in [7, 11) is -3.74. The molecule has 11 nitrogen and oxygen atoms in total. The zero-order valence-corrected chi connectivity index (χ0v) is 23.0. The Labute approximate surface area is 229 Å². The third-order valence-corrected chi connectivity index (χ3v) is 9.72. The molecule has 0 fully saturated rings. The summed E-state index contributed by atoms with van der Waals surface area (Å²) in [6.07, 6.45) is 11.8. The first-order valence-electron chi connectivity index (χ1n) is 13.0. The summed E-state index contributed by atoms with van der Waals surface area (Å²) in [5.41, 5.74) is 0.335. The molecule has 0 saturated heterocycles. The normalized spacial score (nSPS) is 16.2. The molecule has 2 N–H and O–H groups in total. The fourth-order valence-corrected chi connectivity index (χ4v) is 7.57. The predicted octanol–water partition coefficient (Wildman–Crippen LogP) is 2.27. The largest absolute Gasteiger partial charge is 0.356 e. The van der Waals surface area contributed by atoms with Gasteiger partial charge in [0.15, 0.2) is 14.9 Å². The second-order valence-corrected chi connectivity index (χ2v) is 12.6. The number of thioether (sulfide) groups is 1. The molecule has 13 heteroatoms. The first-order chi connectivity index (χ1) is 18.9. The Balaban J connectivity index is 1.19. The molecule has 2 aliphatic rings. The number of sulfone groups is 1.